The van der Waals surface area contributed by atoms with Crippen LogP contribution in [0.25, 0.3) is 11.0 Å². The fraction of sp³-hybridized carbons (Fsp3) is 0.238. The summed E-state index contributed by atoms with van der Waals surface area (Å²) in [5.41, 5.74) is 0.768. The number of fused-ring (bicyclic) bond motifs is 1. The van der Waals surface area contributed by atoms with E-state index >= 15 is 0 Å². The Morgan fingerprint density at radius 2 is 1.97 bits per heavy atom. The van der Waals surface area contributed by atoms with E-state index in [2.05, 4.69) is 10.3 Å². The summed E-state index contributed by atoms with van der Waals surface area (Å²) in [4.78, 5) is 52.2. The van der Waals surface area contributed by atoms with Crippen LogP contribution in [0.3, 0.4) is 0 Å². The summed E-state index contributed by atoms with van der Waals surface area (Å²) in [6, 6.07) is 7.57. The summed E-state index contributed by atoms with van der Waals surface area (Å²) in [5.74, 6) is -1.74. The zero-order chi connectivity index (χ0) is 22.7. The molecule has 3 aromatic rings. The van der Waals surface area contributed by atoms with Crippen LogP contribution in [-0.4, -0.2) is 33.0 Å². The molecule has 0 saturated carbocycles. The number of anilines is 1. The third kappa shape index (κ3) is 4.58. The smallest absolute Gasteiger partial charge is 0.344 e. The average Bonchev–Trinajstić information content (AvgIpc) is 2.73. The van der Waals surface area contributed by atoms with Crippen molar-refractivity contribution in [3.63, 3.8) is 0 Å². The van der Waals surface area contributed by atoms with Gasteiger partial charge >= 0.3 is 5.97 Å². The first kappa shape index (κ1) is 21.6. The molecule has 0 saturated heterocycles. The summed E-state index contributed by atoms with van der Waals surface area (Å²) in [7, 11) is 0. The van der Waals surface area contributed by atoms with E-state index in [1.807, 2.05) is 6.92 Å². The summed E-state index contributed by atoms with van der Waals surface area (Å²) >= 11 is 0. The Balaban J connectivity index is 1.78. The third-order valence-electron chi connectivity index (χ3n) is 4.58. The molecule has 2 heterocycles. The summed E-state index contributed by atoms with van der Waals surface area (Å²) in [6.07, 6.45) is 1.35. The second kappa shape index (κ2) is 8.74. The minimum Gasteiger partial charge on any atom is -0.452 e. The second-order valence-corrected chi connectivity index (χ2v) is 6.88. The number of nitro benzene ring substituents is 1. The van der Waals surface area contributed by atoms with Gasteiger partial charge in [-0.1, -0.05) is 6.07 Å². The van der Waals surface area contributed by atoms with E-state index in [9.17, 15) is 24.5 Å². The minimum atomic E-state index is -0.969. The number of carbonyl (C=O) groups is 2. The van der Waals surface area contributed by atoms with Crippen LogP contribution in [0.15, 0.2) is 41.3 Å². The van der Waals surface area contributed by atoms with E-state index in [4.69, 9.17) is 4.74 Å². The van der Waals surface area contributed by atoms with E-state index in [1.165, 1.54) is 18.3 Å². The van der Waals surface area contributed by atoms with Gasteiger partial charge < -0.3 is 14.6 Å². The molecule has 0 aliphatic carbocycles. The van der Waals surface area contributed by atoms with Crippen molar-refractivity contribution in [3.8, 4) is 0 Å². The number of nitrogens with zero attached hydrogens (tertiary/aromatic N) is 3. The topological polar surface area (TPSA) is 133 Å². The van der Waals surface area contributed by atoms with Crippen molar-refractivity contribution in [2.75, 3.05) is 11.9 Å². The third-order valence-corrected chi connectivity index (χ3v) is 4.58. The molecule has 2 aromatic heterocycles. The quantitative estimate of drug-likeness (QED) is 0.365. The molecule has 0 bridgehead atoms. The van der Waals surface area contributed by atoms with Gasteiger partial charge in [0.25, 0.3) is 11.6 Å². The highest BCUT2D eigenvalue weighted by Crippen LogP contribution is 2.25. The fourth-order valence-corrected chi connectivity index (χ4v) is 3.04. The average molecular weight is 424 g/mol. The van der Waals surface area contributed by atoms with E-state index in [0.29, 0.717) is 17.8 Å². The molecule has 3 rings (SSSR count). The predicted octanol–water partition coefficient (Wildman–Crippen LogP) is 2.74. The zero-order valence-electron chi connectivity index (χ0n) is 17.2. The van der Waals surface area contributed by atoms with E-state index in [0.717, 1.165) is 5.69 Å². The Hall–Kier alpha value is -4.08. The fourth-order valence-electron chi connectivity index (χ4n) is 3.04. The highest BCUT2D eigenvalue weighted by Gasteiger charge is 2.20. The standard InChI is InChI=1S/C21H20N4O6/c1-4-24-10-15(19(27)14-7-6-13(3)22-20(14)24)21(28)31-11-18(26)23-16-8-5-12(2)9-17(16)25(29)30/h5-10H,4,11H2,1-3H3,(H,23,26). The van der Waals surface area contributed by atoms with Crippen molar-refractivity contribution in [1.82, 2.24) is 9.55 Å². The van der Waals surface area contributed by atoms with Crippen LogP contribution >= 0.6 is 0 Å². The number of rotatable bonds is 6. The van der Waals surface area contributed by atoms with Crippen LogP contribution in [0.5, 0.6) is 0 Å². The summed E-state index contributed by atoms with van der Waals surface area (Å²) in [5, 5.41) is 13.8. The van der Waals surface area contributed by atoms with E-state index < -0.39 is 28.8 Å². The van der Waals surface area contributed by atoms with E-state index in [1.54, 1.807) is 36.6 Å². The lowest BCUT2D eigenvalue weighted by molar-refractivity contribution is -0.384. The molecule has 0 unspecified atom stereocenters. The first-order valence-corrected chi connectivity index (χ1v) is 9.44. The zero-order valence-corrected chi connectivity index (χ0v) is 17.2. The van der Waals surface area contributed by atoms with Crippen molar-refractivity contribution in [2.45, 2.75) is 27.3 Å². The first-order valence-electron chi connectivity index (χ1n) is 9.44. The first-order chi connectivity index (χ1) is 14.7. The lowest BCUT2D eigenvalue weighted by Crippen LogP contribution is -2.25. The van der Waals surface area contributed by atoms with Gasteiger partial charge in [0.15, 0.2) is 6.61 Å². The molecular formula is C21H20N4O6. The number of benzene rings is 1. The van der Waals surface area contributed by atoms with Gasteiger partial charge in [-0.25, -0.2) is 9.78 Å². The summed E-state index contributed by atoms with van der Waals surface area (Å²) in [6.45, 7) is 5.07. The van der Waals surface area contributed by atoms with Crippen LogP contribution in [0.4, 0.5) is 11.4 Å². The maximum Gasteiger partial charge on any atom is 0.344 e. The maximum atomic E-state index is 12.7. The minimum absolute atomic E-state index is 0.0165. The normalized spacial score (nSPS) is 10.7. The molecule has 0 aliphatic rings. The Morgan fingerprint density at radius 1 is 1.23 bits per heavy atom. The maximum absolute atomic E-state index is 12.7. The highest BCUT2D eigenvalue weighted by molar-refractivity contribution is 5.97. The Morgan fingerprint density at radius 3 is 2.65 bits per heavy atom. The number of esters is 1. The van der Waals surface area contributed by atoms with Gasteiger partial charge in [-0.05, 0) is 44.5 Å². The van der Waals surface area contributed by atoms with Crippen LogP contribution in [-0.2, 0) is 16.1 Å². The number of aryl methyl sites for hydroxylation is 3. The number of pyridine rings is 2. The SMILES string of the molecule is CCn1cc(C(=O)OCC(=O)Nc2ccc(C)cc2[N+](=O)[O-])c(=O)c2ccc(C)nc21. The molecule has 160 valence electrons. The van der Waals surface area contributed by atoms with Gasteiger partial charge in [-0.3, -0.25) is 19.7 Å². The molecule has 0 fully saturated rings. The number of amides is 1. The van der Waals surface area contributed by atoms with Crippen molar-refractivity contribution in [1.29, 1.82) is 0 Å². The molecule has 1 N–H and O–H groups in total. The number of ether oxygens (including phenoxy) is 1. The van der Waals surface area contributed by atoms with Crippen LogP contribution in [0.1, 0.15) is 28.5 Å². The number of aromatic nitrogens is 2. The van der Waals surface area contributed by atoms with Crippen LogP contribution in [0.2, 0.25) is 0 Å². The van der Waals surface area contributed by atoms with Gasteiger partial charge in [-0.15, -0.1) is 0 Å². The second-order valence-electron chi connectivity index (χ2n) is 6.88. The van der Waals surface area contributed by atoms with Crippen molar-refractivity contribution < 1.29 is 19.2 Å². The number of hydrogen-bond acceptors (Lipinski definition) is 7. The molecule has 1 amide bonds. The number of hydrogen-bond donors (Lipinski definition) is 1. The van der Waals surface area contributed by atoms with Gasteiger partial charge in [0.2, 0.25) is 5.43 Å². The molecule has 1 aromatic carbocycles. The molecule has 31 heavy (non-hydrogen) atoms. The van der Waals surface area contributed by atoms with Crippen LogP contribution in [0, 0.1) is 24.0 Å². The Bertz CT molecular complexity index is 1260. The lowest BCUT2D eigenvalue weighted by atomic mass is 10.2. The van der Waals surface area contributed by atoms with Gasteiger partial charge in [0, 0.05) is 24.5 Å². The molecule has 0 radical (unpaired) electrons. The van der Waals surface area contributed by atoms with Crippen LogP contribution < -0.4 is 10.7 Å². The number of nitrogens with one attached hydrogen (secondary N) is 1. The molecule has 0 atom stereocenters. The van der Waals surface area contributed by atoms with Gasteiger partial charge in [-0.2, -0.15) is 0 Å². The molecule has 0 aliphatic heterocycles. The van der Waals surface area contributed by atoms with Crippen molar-refractivity contribution >= 4 is 34.3 Å². The number of carbonyl (C=O) groups excluding carboxylic acids is 2. The van der Waals surface area contributed by atoms with E-state index in [-0.39, 0.29) is 22.3 Å². The Labute approximate surface area is 176 Å². The molecular weight excluding hydrogens is 404 g/mol. The molecule has 10 nitrogen and oxygen atoms in total. The summed E-state index contributed by atoms with van der Waals surface area (Å²) < 4.78 is 6.63. The monoisotopic (exact) mass is 424 g/mol. The highest BCUT2D eigenvalue weighted by atomic mass is 16.6. The van der Waals surface area contributed by atoms with Crippen molar-refractivity contribution in [3.05, 3.63) is 73.7 Å². The van der Waals surface area contributed by atoms with Gasteiger partial charge in [0.05, 0.1) is 10.3 Å². The van der Waals surface area contributed by atoms with Gasteiger partial charge in [0.1, 0.15) is 16.9 Å². The van der Waals surface area contributed by atoms with Crippen molar-refractivity contribution in [2.24, 2.45) is 0 Å². The predicted molar refractivity (Wildman–Crippen MR) is 113 cm³/mol. The molecule has 0 spiro atoms. The number of nitro groups is 1. The molecule has 10 heteroatoms. The Kier molecular flexibility index (Phi) is 6.10. The lowest BCUT2D eigenvalue weighted by Gasteiger charge is -2.11. The largest absolute Gasteiger partial charge is 0.452 e.